The molecule has 0 heterocycles. The first-order chi connectivity index (χ1) is 13.7. The smallest absolute Gasteiger partial charge is 0.263 e. The Hall–Kier alpha value is -2.87. The Morgan fingerprint density at radius 1 is 1.10 bits per heavy atom. The summed E-state index contributed by atoms with van der Waals surface area (Å²) in [5.74, 6) is 0.670. The van der Waals surface area contributed by atoms with Gasteiger partial charge < -0.3 is 4.74 Å². The molecule has 0 bridgehead atoms. The molecule has 1 N–H and O–H groups in total. The Balaban J connectivity index is 2.01. The van der Waals surface area contributed by atoms with E-state index >= 15 is 0 Å². The molecule has 0 spiro atoms. The van der Waals surface area contributed by atoms with Crippen molar-refractivity contribution >= 4 is 27.8 Å². The SMILES string of the molecule is CC(C)COc1ccc(/C=N\NC(=O)[C@H](C)N(c2ccccc2)S(C)(=O)=O)cc1. The number of hydrogen-bond acceptors (Lipinski definition) is 5. The Morgan fingerprint density at radius 2 is 1.72 bits per heavy atom. The average Bonchev–Trinajstić information content (AvgIpc) is 2.67. The van der Waals surface area contributed by atoms with Crippen LogP contribution in [0.2, 0.25) is 0 Å². The van der Waals surface area contributed by atoms with Crippen molar-refractivity contribution in [1.82, 2.24) is 5.43 Å². The number of sulfonamides is 1. The first-order valence-electron chi connectivity index (χ1n) is 9.28. The van der Waals surface area contributed by atoms with Crippen LogP contribution in [0, 0.1) is 5.92 Å². The molecule has 0 fully saturated rings. The number of carbonyl (C=O) groups excluding carboxylic acids is 1. The molecule has 0 radical (unpaired) electrons. The number of anilines is 1. The van der Waals surface area contributed by atoms with Crippen LogP contribution in [0.3, 0.4) is 0 Å². The second-order valence-corrected chi connectivity index (χ2v) is 8.94. The molecule has 0 aromatic heterocycles. The van der Waals surface area contributed by atoms with Crippen molar-refractivity contribution in [2.75, 3.05) is 17.2 Å². The topological polar surface area (TPSA) is 88.1 Å². The van der Waals surface area contributed by atoms with E-state index in [1.165, 1.54) is 13.1 Å². The number of amides is 1. The molecule has 29 heavy (non-hydrogen) atoms. The molecule has 0 aliphatic carbocycles. The molecular formula is C21H27N3O4S. The molecule has 1 atom stereocenters. The van der Waals surface area contributed by atoms with Crippen LogP contribution in [0.5, 0.6) is 5.75 Å². The maximum absolute atomic E-state index is 12.4. The molecule has 0 aliphatic heterocycles. The van der Waals surface area contributed by atoms with Gasteiger partial charge in [-0.15, -0.1) is 0 Å². The van der Waals surface area contributed by atoms with Crippen LogP contribution < -0.4 is 14.5 Å². The fourth-order valence-electron chi connectivity index (χ4n) is 2.56. The predicted molar refractivity (Wildman–Crippen MR) is 116 cm³/mol. The minimum atomic E-state index is -3.65. The number of nitrogens with zero attached hydrogens (tertiary/aromatic N) is 2. The van der Waals surface area contributed by atoms with E-state index in [1.807, 2.05) is 24.3 Å². The van der Waals surface area contributed by atoms with Crippen molar-refractivity contribution in [2.24, 2.45) is 11.0 Å². The third-order valence-electron chi connectivity index (χ3n) is 3.95. The number of para-hydroxylation sites is 1. The highest BCUT2D eigenvalue weighted by Crippen LogP contribution is 2.20. The highest BCUT2D eigenvalue weighted by molar-refractivity contribution is 7.92. The van der Waals surface area contributed by atoms with Crippen molar-refractivity contribution in [1.29, 1.82) is 0 Å². The summed E-state index contributed by atoms with van der Waals surface area (Å²) in [6.45, 7) is 6.31. The summed E-state index contributed by atoms with van der Waals surface area (Å²) in [7, 11) is -3.65. The summed E-state index contributed by atoms with van der Waals surface area (Å²) in [5, 5.41) is 3.94. The summed E-state index contributed by atoms with van der Waals surface area (Å²) >= 11 is 0. The Morgan fingerprint density at radius 3 is 2.28 bits per heavy atom. The number of hydrazone groups is 1. The summed E-state index contributed by atoms with van der Waals surface area (Å²) < 4.78 is 31.1. The zero-order valence-corrected chi connectivity index (χ0v) is 17.9. The van der Waals surface area contributed by atoms with Crippen LogP contribution in [-0.2, 0) is 14.8 Å². The lowest BCUT2D eigenvalue weighted by Crippen LogP contribution is -2.46. The van der Waals surface area contributed by atoms with Gasteiger partial charge in [0.25, 0.3) is 5.91 Å². The predicted octanol–water partition coefficient (Wildman–Crippen LogP) is 3.03. The zero-order valence-electron chi connectivity index (χ0n) is 17.1. The summed E-state index contributed by atoms with van der Waals surface area (Å²) in [6, 6.07) is 14.8. The third kappa shape index (κ3) is 6.90. The van der Waals surface area contributed by atoms with Crippen molar-refractivity contribution in [3.63, 3.8) is 0 Å². The van der Waals surface area contributed by atoms with Gasteiger partial charge in [-0.05, 0) is 54.8 Å². The Kier molecular flexibility index (Phi) is 7.78. The number of rotatable bonds is 9. The van der Waals surface area contributed by atoms with E-state index in [9.17, 15) is 13.2 Å². The molecule has 0 saturated heterocycles. The number of benzene rings is 2. The van der Waals surface area contributed by atoms with Gasteiger partial charge in [-0.2, -0.15) is 5.10 Å². The highest BCUT2D eigenvalue weighted by atomic mass is 32.2. The first-order valence-corrected chi connectivity index (χ1v) is 11.1. The number of nitrogens with one attached hydrogen (secondary N) is 1. The second kappa shape index (κ2) is 10.1. The van der Waals surface area contributed by atoms with E-state index in [2.05, 4.69) is 24.4 Å². The maximum atomic E-state index is 12.4. The Labute approximate surface area is 172 Å². The van der Waals surface area contributed by atoms with Crippen LogP contribution in [-0.4, -0.2) is 39.4 Å². The van der Waals surface area contributed by atoms with Crippen LogP contribution in [0.4, 0.5) is 5.69 Å². The summed E-state index contributed by atoms with van der Waals surface area (Å²) in [6.07, 6.45) is 2.56. The van der Waals surface area contributed by atoms with Crippen LogP contribution in [0.1, 0.15) is 26.3 Å². The van der Waals surface area contributed by atoms with Gasteiger partial charge in [0, 0.05) is 0 Å². The molecule has 2 aromatic rings. The van der Waals surface area contributed by atoms with Crippen LogP contribution >= 0.6 is 0 Å². The summed E-state index contributed by atoms with van der Waals surface area (Å²) in [5.41, 5.74) is 3.59. The van der Waals surface area contributed by atoms with Gasteiger partial charge in [0.2, 0.25) is 10.0 Å². The standard InChI is InChI=1S/C21H27N3O4S/c1-16(2)15-28-20-12-10-18(11-13-20)14-22-23-21(25)17(3)24(29(4,26)27)19-8-6-5-7-9-19/h5-14,16-17H,15H2,1-4H3,(H,23,25)/b22-14-/t17-/m0/s1. The van der Waals surface area contributed by atoms with Crippen molar-refractivity contribution in [3.05, 3.63) is 60.2 Å². The van der Waals surface area contributed by atoms with E-state index < -0.39 is 22.0 Å². The minimum Gasteiger partial charge on any atom is -0.493 e. The fourth-order valence-corrected chi connectivity index (χ4v) is 3.74. The molecule has 1 amide bonds. The van der Waals surface area contributed by atoms with E-state index in [-0.39, 0.29) is 0 Å². The first kappa shape index (κ1) is 22.4. The monoisotopic (exact) mass is 417 g/mol. The number of carbonyl (C=O) groups is 1. The molecule has 7 nitrogen and oxygen atoms in total. The molecule has 0 aliphatic rings. The van der Waals surface area contributed by atoms with Gasteiger partial charge in [-0.25, -0.2) is 13.8 Å². The van der Waals surface area contributed by atoms with Crippen molar-refractivity contribution in [2.45, 2.75) is 26.8 Å². The van der Waals surface area contributed by atoms with Crippen molar-refractivity contribution in [3.8, 4) is 5.75 Å². The lowest BCUT2D eigenvalue weighted by molar-refractivity contribution is -0.121. The lowest BCUT2D eigenvalue weighted by atomic mass is 10.2. The molecule has 2 aromatic carbocycles. The average molecular weight is 418 g/mol. The third-order valence-corrected chi connectivity index (χ3v) is 5.19. The molecule has 2 rings (SSSR count). The van der Waals surface area contributed by atoms with Gasteiger partial charge in [-0.1, -0.05) is 32.0 Å². The van der Waals surface area contributed by atoms with Gasteiger partial charge in [0.1, 0.15) is 11.8 Å². The van der Waals surface area contributed by atoms with Gasteiger partial charge in [0.15, 0.2) is 0 Å². The van der Waals surface area contributed by atoms with E-state index in [1.54, 1.807) is 30.3 Å². The fraction of sp³-hybridized carbons (Fsp3) is 0.333. The quantitative estimate of drug-likeness (QED) is 0.502. The van der Waals surface area contributed by atoms with Crippen LogP contribution in [0.25, 0.3) is 0 Å². The van der Waals surface area contributed by atoms with Crippen LogP contribution in [0.15, 0.2) is 59.7 Å². The minimum absolute atomic E-state index is 0.415. The van der Waals surface area contributed by atoms with Crippen molar-refractivity contribution < 1.29 is 17.9 Å². The molecular weight excluding hydrogens is 390 g/mol. The maximum Gasteiger partial charge on any atom is 0.263 e. The highest BCUT2D eigenvalue weighted by Gasteiger charge is 2.28. The Bertz CT molecular complexity index is 926. The molecule has 156 valence electrons. The molecule has 0 unspecified atom stereocenters. The number of ether oxygens (including phenoxy) is 1. The summed E-state index contributed by atoms with van der Waals surface area (Å²) in [4.78, 5) is 12.4. The molecule has 8 heteroatoms. The normalized spacial score (nSPS) is 12.7. The van der Waals surface area contributed by atoms with Gasteiger partial charge >= 0.3 is 0 Å². The largest absolute Gasteiger partial charge is 0.493 e. The van der Waals surface area contributed by atoms with E-state index in [0.29, 0.717) is 18.2 Å². The van der Waals surface area contributed by atoms with Gasteiger partial charge in [0.05, 0.1) is 24.8 Å². The lowest BCUT2D eigenvalue weighted by Gasteiger charge is -2.27. The molecule has 0 saturated carbocycles. The van der Waals surface area contributed by atoms with E-state index in [0.717, 1.165) is 21.9 Å². The van der Waals surface area contributed by atoms with Gasteiger partial charge in [-0.3, -0.25) is 9.10 Å². The second-order valence-electron chi connectivity index (χ2n) is 7.08. The zero-order chi connectivity index (χ0) is 21.4. The van der Waals surface area contributed by atoms with E-state index in [4.69, 9.17) is 4.74 Å². The number of hydrogen-bond donors (Lipinski definition) is 1.